The van der Waals surface area contributed by atoms with Crippen LogP contribution in [0.15, 0.2) is 48.5 Å². The summed E-state index contributed by atoms with van der Waals surface area (Å²) in [5.74, 6) is 0.290. The van der Waals surface area contributed by atoms with E-state index in [-0.39, 0.29) is 13.4 Å². The van der Waals surface area contributed by atoms with Crippen LogP contribution in [0.4, 0.5) is 11.4 Å². The fraction of sp³-hybridized carbons (Fsp3) is 0.200. The Morgan fingerprint density at radius 2 is 1.85 bits per heavy atom. The molecule has 1 amide bonds. The third-order valence-corrected chi connectivity index (χ3v) is 3.82. The quantitative estimate of drug-likeness (QED) is 0.624. The number of fused-ring (bicyclic) bond motifs is 1. The molecule has 140 valence electrons. The van der Waals surface area contributed by atoms with Crippen LogP contribution in [0.25, 0.3) is 6.08 Å². The number of anilines is 2. The molecule has 0 saturated heterocycles. The first-order chi connectivity index (χ1) is 13.0. The first kappa shape index (κ1) is 18.3. The highest BCUT2D eigenvalue weighted by Crippen LogP contribution is 2.32. The van der Waals surface area contributed by atoms with Crippen LogP contribution in [0.5, 0.6) is 11.5 Å². The van der Waals surface area contributed by atoms with E-state index in [0.717, 1.165) is 11.3 Å². The summed E-state index contributed by atoms with van der Waals surface area (Å²) in [5.41, 5.74) is 2.42. The molecule has 1 aliphatic rings. The largest absolute Gasteiger partial charge is 0.454 e. The molecule has 1 heterocycles. The summed E-state index contributed by atoms with van der Waals surface area (Å²) in [5, 5.41) is 2.68. The van der Waals surface area contributed by atoms with Crippen molar-refractivity contribution in [3.63, 3.8) is 0 Å². The number of benzene rings is 2. The van der Waals surface area contributed by atoms with Crippen LogP contribution in [0.2, 0.25) is 0 Å². The van der Waals surface area contributed by atoms with Crippen molar-refractivity contribution in [1.29, 1.82) is 0 Å². The minimum atomic E-state index is -0.606. The minimum absolute atomic E-state index is 0.192. The van der Waals surface area contributed by atoms with Crippen molar-refractivity contribution in [2.75, 3.05) is 37.7 Å². The zero-order chi connectivity index (χ0) is 19.2. The van der Waals surface area contributed by atoms with Crippen LogP contribution in [-0.4, -0.2) is 39.4 Å². The van der Waals surface area contributed by atoms with E-state index >= 15 is 0 Å². The number of carbonyl (C=O) groups excluding carboxylic acids is 2. The number of nitrogens with one attached hydrogen (secondary N) is 1. The Labute approximate surface area is 157 Å². The highest BCUT2D eigenvalue weighted by atomic mass is 16.7. The Morgan fingerprint density at radius 1 is 1.11 bits per heavy atom. The summed E-state index contributed by atoms with van der Waals surface area (Å²) >= 11 is 0. The first-order valence-corrected chi connectivity index (χ1v) is 8.33. The number of amides is 1. The summed E-state index contributed by atoms with van der Waals surface area (Å²) in [7, 11) is 3.87. The molecule has 0 unspecified atom stereocenters. The van der Waals surface area contributed by atoms with Gasteiger partial charge in [0.2, 0.25) is 6.79 Å². The number of nitrogens with zero attached hydrogens (tertiary/aromatic N) is 1. The van der Waals surface area contributed by atoms with Gasteiger partial charge in [-0.05, 0) is 48.0 Å². The zero-order valence-corrected chi connectivity index (χ0v) is 15.1. The maximum Gasteiger partial charge on any atom is 0.331 e. The average Bonchev–Trinajstić information content (AvgIpc) is 3.13. The predicted molar refractivity (Wildman–Crippen MR) is 102 cm³/mol. The van der Waals surface area contributed by atoms with Crippen molar-refractivity contribution >= 4 is 29.3 Å². The second-order valence-corrected chi connectivity index (χ2v) is 6.04. The maximum absolute atomic E-state index is 11.9. The van der Waals surface area contributed by atoms with Gasteiger partial charge in [-0.15, -0.1) is 0 Å². The number of carbonyl (C=O) groups is 2. The van der Waals surface area contributed by atoms with Gasteiger partial charge in [-0.25, -0.2) is 4.79 Å². The molecular weight excluding hydrogens is 348 g/mol. The molecule has 1 aliphatic heterocycles. The summed E-state index contributed by atoms with van der Waals surface area (Å²) in [6.45, 7) is -0.169. The molecule has 3 rings (SSSR count). The fourth-order valence-electron chi connectivity index (χ4n) is 2.41. The Bertz CT molecular complexity index is 859. The molecule has 1 N–H and O–H groups in total. The van der Waals surface area contributed by atoms with E-state index in [1.807, 2.05) is 31.1 Å². The Morgan fingerprint density at radius 3 is 2.59 bits per heavy atom. The molecular formula is C20H20N2O5. The van der Waals surface area contributed by atoms with Gasteiger partial charge in [0.1, 0.15) is 0 Å². The number of ether oxygens (including phenoxy) is 3. The van der Waals surface area contributed by atoms with Gasteiger partial charge in [0, 0.05) is 31.5 Å². The summed E-state index contributed by atoms with van der Waals surface area (Å²) in [4.78, 5) is 25.6. The van der Waals surface area contributed by atoms with E-state index in [4.69, 9.17) is 14.2 Å². The lowest BCUT2D eigenvalue weighted by Gasteiger charge is -2.13. The fourth-order valence-corrected chi connectivity index (χ4v) is 2.41. The van der Waals surface area contributed by atoms with Crippen molar-refractivity contribution in [2.24, 2.45) is 0 Å². The molecule has 0 saturated carbocycles. The second kappa shape index (κ2) is 8.27. The van der Waals surface area contributed by atoms with Crippen molar-refractivity contribution in [3.05, 3.63) is 54.1 Å². The van der Waals surface area contributed by atoms with Gasteiger partial charge in [0.05, 0.1) is 0 Å². The summed E-state index contributed by atoms with van der Waals surface area (Å²) in [6.07, 6.45) is 2.85. The lowest BCUT2D eigenvalue weighted by molar-refractivity contribution is -0.142. The van der Waals surface area contributed by atoms with Gasteiger partial charge in [-0.1, -0.05) is 6.07 Å². The molecule has 7 nitrogen and oxygen atoms in total. The van der Waals surface area contributed by atoms with Crippen LogP contribution in [0, 0.1) is 0 Å². The average molecular weight is 368 g/mol. The number of hydrogen-bond acceptors (Lipinski definition) is 6. The van der Waals surface area contributed by atoms with E-state index in [1.165, 1.54) is 6.08 Å². The van der Waals surface area contributed by atoms with Crippen molar-refractivity contribution in [1.82, 2.24) is 0 Å². The topological polar surface area (TPSA) is 77.1 Å². The van der Waals surface area contributed by atoms with E-state index in [9.17, 15) is 9.59 Å². The first-order valence-electron chi connectivity index (χ1n) is 8.33. The van der Waals surface area contributed by atoms with Gasteiger partial charge in [-0.3, -0.25) is 4.79 Å². The van der Waals surface area contributed by atoms with Gasteiger partial charge >= 0.3 is 5.97 Å². The van der Waals surface area contributed by atoms with Crippen molar-refractivity contribution in [3.8, 4) is 11.5 Å². The SMILES string of the molecule is CN(C)c1ccc(NC(=O)COC(=O)/C=C/c2ccc3c(c2)OCO3)cc1. The molecule has 0 aliphatic carbocycles. The Balaban J connectivity index is 1.46. The third kappa shape index (κ3) is 5.01. The monoisotopic (exact) mass is 368 g/mol. The molecule has 0 bridgehead atoms. The lowest BCUT2D eigenvalue weighted by Crippen LogP contribution is -2.20. The van der Waals surface area contributed by atoms with Crippen LogP contribution >= 0.6 is 0 Å². The molecule has 0 aromatic heterocycles. The van der Waals surface area contributed by atoms with Crippen molar-refractivity contribution < 1.29 is 23.8 Å². The van der Waals surface area contributed by atoms with E-state index < -0.39 is 11.9 Å². The zero-order valence-electron chi connectivity index (χ0n) is 15.1. The summed E-state index contributed by atoms with van der Waals surface area (Å²) in [6, 6.07) is 12.7. The third-order valence-electron chi connectivity index (χ3n) is 3.82. The number of rotatable bonds is 6. The Kier molecular flexibility index (Phi) is 5.61. The maximum atomic E-state index is 11.9. The van der Waals surface area contributed by atoms with Crippen LogP contribution < -0.4 is 19.7 Å². The normalized spacial score (nSPS) is 12.1. The molecule has 0 atom stereocenters. The van der Waals surface area contributed by atoms with Gasteiger partial charge < -0.3 is 24.4 Å². The Hall–Kier alpha value is -3.48. The molecule has 7 heteroatoms. The van der Waals surface area contributed by atoms with Gasteiger partial charge in [0.25, 0.3) is 5.91 Å². The molecule has 0 radical (unpaired) electrons. The lowest BCUT2D eigenvalue weighted by atomic mass is 10.2. The highest BCUT2D eigenvalue weighted by Gasteiger charge is 2.12. The van der Waals surface area contributed by atoms with E-state index in [2.05, 4.69) is 5.32 Å². The molecule has 2 aromatic rings. The molecule has 0 fully saturated rings. The van der Waals surface area contributed by atoms with Crippen LogP contribution in [0.3, 0.4) is 0 Å². The minimum Gasteiger partial charge on any atom is -0.454 e. The second-order valence-electron chi connectivity index (χ2n) is 6.04. The predicted octanol–water partition coefficient (Wildman–Crippen LogP) is 2.68. The standard InChI is InChI=1S/C20H20N2O5/c1-22(2)16-7-5-15(6-8-16)21-19(23)12-25-20(24)10-4-14-3-9-17-18(11-14)27-13-26-17/h3-11H,12-13H2,1-2H3,(H,21,23)/b10-4+. The van der Waals surface area contributed by atoms with E-state index in [1.54, 1.807) is 36.4 Å². The number of esters is 1. The smallest absolute Gasteiger partial charge is 0.331 e. The van der Waals surface area contributed by atoms with Gasteiger partial charge in [-0.2, -0.15) is 0 Å². The molecule has 27 heavy (non-hydrogen) atoms. The van der Waals surface area contributed by atoms with Crippen LogP contribution in [-0.2, 0) is 14.3 Å². The highest BCUT2D eigenvalue weighted by molar-refractivity contribution is 5.94. The van der Waals surface area contributed by atoms with E-state index in [0.29, 0.717) is 17.2 Å². The van der Waals surface area contributed by atoms with Crippen LogP contribution in [0.1, 0.15) is 5.56 Å². The summed E-state index contributed by atoms with van der Waals surface area (Å²) < 4.78 is 15.5. The van der Waals surface area contributed by atoms with Crippen molar-refractivity contribution in [2.45, 2.75) is 0 Å². The number of hydrogen-bond donors (Lipinski definition) is 1. The molecule has 0 spiro atoms. The molecule has 2 aromatic carbocycles. The van der Waals surface area contributed by atoms with Gasteiger partial charge in [0.15, 0.2) is 18.1 Å².